The lowest BCUT2D eigenvalue weighted by Gasteiger charge is -2.18. The fourth-order valence-corrected chi connectivity index (χ4v) is 5.35. The standard InChI is InChI=1S/C22H24N2O4S2/c1-4-28-19-11-7-17(8-12-19)15-24(3)22(25)21-20(13-14-29-21)30(26,27)23-18-9-5-16(2)6-10-18/h5-14,23H,4,15H2,1-3H3. The molecule has 8 heteroatoms. The van der Waals surface area contributed by atoms with Crippen LogP contribution in [0, 0.1) is 6.92 Å². The van der Waals surface area contributed by atoms with Gasteiger partial charge in [0.1, 0.15) is 15.5 Å². The summed E-state index contributed by atoms with van der Waals surface area (Å²) in [5.74, 6) is 0.423. The molecule has 30 heavy (non-hydrogen) atoms. The second-order valence-corrected chi connectivity index (χ2v) is 9.39. The lowest BCUT2D eigenvalue weighted by atomic mass is 10.2. The molecule has 1 aromatic heterocycles. The highest BCUT2D eigenvalue weighted by atomic mass is 32.2. The Labute approximate surface area is 181 Å². The summed E-state index contributed by atoms with van der Waals surface area (Å²) in [6, 6.07) is 16.0. The Balaban J connectivity index is 1.75. The van der Waals surface area contributed by atoms with E-state index in [0.29, 0.717) is 18.8 Å². The van der Waals surface area contributed by atoms with Crippen molar-refractivity contribution in [2.45, 2.75) is 25.3 Å². The molecule has 0 aliphatic heterocycles. The summed E-state index contributed by atoms with van der Waals surface area (Å²) in [6.07, 6.45) is 0. The van der Waals surface area contributed by atoms with E-state index in [4.69, 9.17) is 4.74 Å². The van der Waals surface area contributed by atoms with Crippen LogP contribution in [-0.2, 0) is 16.6 Å². The summed E-state index contributed by atoms with van der Waals surface area (Å²) in [5.41, 5.74) is 2.40. The lowest BCUT2D eigenvalue weighted by Crippen LogP contribution is -2.27. The van der Waals surface area contributed by atoms with Crippen molar-refractivity contribution in [3.8, 4) is 5.75 Å². The van der Waals surface area contributed by atoms with Crippen LogP contribution in [0.2, 0.25) is 0 Å². The minimum absolute atomic E-state index is 0.0170. The molecule has 158 valence electrons. The zero-order valence-corrected chi connectivity index (χ0v) is 18.7. The molecule has 1 amide bonds. The van der Waals surface area contributed by atoms with Gasteiger partial charge in [0.15, 0.2) is 0 Å². The Hall–Kier alpha value is -2.84. The Morgan fingerprint density at radius 2 is 1.73 bits per heavy atom. The number of carbonyl (C=O) groups excluding carboxylic acids is 1. The number of hydrogen-bond donors (Lipinski definition) is 1. The Morgan fingerprint density at radius 3 is 2.37 bits per heavy atom. The summed E-state index contributed by atoms with van der Waals surface area (Å²) in [6.45, 7) is 4.78. The van der Waals surface area contributed by atoms with Crippen molar-refractivity contribution in [2.24, 2.45) is 0 Å². The first-order valence-corrected chi connectivity index (χ1v) is 11.8. The van der Waals surface area contributed by atoms with Crippen LogP contribution in [0.5, 0.6) is 5.75 Å². The Morgan fingerprint density at radius 1 is 1.07 bits per heavy atom. The Bertz CT molecular complexity index is 1100. The van der Waals surface area contributed by atoms with Crippen molar-refractivity contribution in [2.75, 3.05) is 18.4 Å². The smallest absolute Gasteiger partial charge is 0.265 e. The molecule has 0 aliphatic rings. The minimum Gasteiger partial charge on any atom is -0.494 e. The van der Waals surface area contributed by atoms with E-state index in [0.717, 1.165) is 28.2 Å². The lowest BCUT2D eigenvalue weighted by molar-refractivity contribution is 0.0786. The van der Waals surface area contributed by atoms with Crippen LogP contribution in [0.1, 0.15) is 27.7 Å². The monoisotopic (exact) mass is 444 g/mol. The number of sulfonamides is 1. The number of aryl methyl sites for hydroxylation is 1. The van der Waals surface area contributed by atoms with Gasteiger partial charge in [-0.15, -0.1) is 11.3 Å². The first-order chi connectivity index (χ1) is 14.3. The van der Waals surface area contributed by atoms with E-state index in [-0.39, 0.29) is 15.7 Å². The largest absolute Gasteiger partial charge is 0.494 e. The zero-order chi connectivity index (χ0) is 21.7. The van der Waals surface area contributed by atoms with Gasteiger partial charge in [-0.05, 0) is 55.1 Å². The molecule has 3 rings (SSSR count). The van der Waals surface area contributed by atoms with Gasteiger partial charge in [-0.1, -0.05) is 29.8 Å². The molecule has 0 saturated carbocycles. The van der Waals surface area contributed by atoms with Crippen molar-refractivity contribution in [3.63, 3.8) is 0 Å². The van der Waals surface area contributed by atoms with E-state index in [2.05, 4.69) is 4.72 Å². The highest BCUT2D eigenvalue weighted by Gasteiger charge is 2.26. The number of carbonyl (C=O) groups is 1. The second kappa shape index (κ2) is 9.32. The van der Waals surface area contributed by atoms with Crippen LogP contribution >= 0.6 is 11.3 Å². The first-order valence-electron chi connectivity index (χ1n) is 9.44. The second-order valence-electron chi connectivity index (χ2n) is 6.82. The van der Waals surface area contributed by atoms with Gasteiger partial charge in [-0.3, -0.25) is 9.52 Å². The maximum Gasteiger partial charge on any atom is 0.265 e. The molecule has 2 aromatic carbocycles. The summed E-state index contributed by atoms with van der Waals surface area (Å²) in [4.78, 5) is 14.6. The van der Waals surface area contributed by atoms with E-state index in [9.17, 15) is 13.2 Å². The third-order valence-electron chi connectivity index (χ3n) is 4.42. The van der Waals surface area contributed by atoms with Crippen LogP contribution < -0.4 is 9.46 Å². The first kappa shape index (κ1) is 21.9. The highest BCUT2D eigenvalue weighted by molar-refractivity contribution is 7.93. The van der Waals surface area contributed by atoms with Crippen LogP contribution in [0.4, 0.5) is 5.69 Å². The highest BCUT2D eigenvalue weighted by Crippen LogP contribution is 2.26. The van der Waals surface area contributed by atoms with Crippen LogP contribution in [-0.4, -0.2) is 32.9 Å². The molecule has 1 heterocycles. The average Bonchev–Trinajstić information content (AvgIpc) is 3.21. The molecular formula is C22H24N2O4S2. The molecule has 3 aromatic rings. The van der Waals surface area contributed by atoms with Crippen LogP contribution in [0.15, 0.2) is 64.9 Å². The number of nitrogens with zero attached hydrogens (tertiary/aromatic N) is 1. The molecule has 0 unspecified atom stereocenters. The Kier molecular flexibility index (Phi) is 6.79. The number of ether oxygens (including phenoxy) is 1. The van der Waals surface area contributed by atoms with Crippen LogP contribution in [0.25, 0.3) is 0 Å². The van der Waals surface area contributed by atoms with E-state index in [1.54, 1.807) is 24.6 Å². The van der Waals surface area contributed by atoms with Gasteiger partial charge >= 0.3 is 0 Å². The van der Waals surface area contributed by atoms with Crippen molar-refractivity contribution >= 4 is 33.0 Å². The molecule has 0 fully saturated rings. The molecule has 0 saturated heterocycles. The number of anilines is 1. The molecule has 6 nitrogen and oxygen atoms in total. The quantitative estimate of drug-likeness (QED) is 0.554. The normalized spacial score (nSPS) is 11.2. The predicted molar refractivity (Wildman–Crippen MR) is 120 cm³/mol. The predicted octanol–water partition coefficient (Wildman–Crippen LogP) is 4.53. The van der Waals surface area contributed by atoms with E-state index >= 15 is 0 Å². The molecule has 0 spiro atoms. The molecule has 0 atom stereocenters. The number of nitrogens with one attached hydrogen (secondary N) is 1. The van der Waals surface area contributed by atoms with Gasteiger partial charge in [0.05, 0.1) is 6.61 Å². The van der Waals surface area contributed by atoms with Gasteiger partial charge in [-0.2, -0.15) is 0 Å². The van der Waals surface area contributed by atoms with E-state index < -0.39 is 10.0 Å². The van der Waals surface area contributed by atoms with Crippen LogP contribution in [0.3, 0.4) is 0 Å². The topological polar surface area (TPSA) is 75.7 Å². The van der Waals surface area contributed by atoms with E-state index in [1.165, 1.54) is 11.0 Å². The van der Waals surface area contributed by atoms with Gasteiger partial charge in [0, 0.05) is 19.3 Å². The summed E-state index contributed by atoms with van der Waals surface area (Å²) in [7, 11) is -2.23. The van der Waals surface area contributed by atoms with Crippen molar-refractivity contribution < 1.29 is 17.9 Å². The maximum atomic E-state index is 13.0. The fraction of sp³-hybridized carbons (Fsp3) is 0.227. The molecular weight excluding hydrogens is 420 g/mol. The maximum absolute atomic E-state index is 13.0. The van der Waals surface area contributed by atoms with Gasteiger partial charge in [-0.25, -0.2) is 8.42 Å². The average molecular weight is 445 g/mol. The van der Waals surface area contributed by atoms with Crippen molar-refractivity contribution in [1.29, 1.82) is 0 Å². The minimum atomic E-state index is -3.88. The van der Waals surface area contributed by atoms with Gasteiger partial charge in [0.2, 0.25) is 0 Å². The number of amides is 1. The summed E-state index contributed by atoms with van der Waals surface area (Å²) >= 11 is 1.12. The SMILES string of the molecule is CCOc1ccc(CN(C)C(=O)c2sccc2S(=O)(=O)Nc2ccc(C)cc2)cc1. The molecule has 1 N–H and O–H groups in total. The number of benzene rings is 2. The fourth-order valence-electron chi connectivity index (χ4n) is 2.87. The van der Waals surface area contributed by atoms with Gasteiger partial charge < -0.3 is 9.64 Å². The van der Waals surface area contributed by atoms with E-state index in [1.807, 2.05) is 50.2 Å². The molecule has 0 radical (unpaired) electrons. The third-order valence-corrected chi connectivity index (χ3v) is 6.87. The number of rotatable bonds is 8. The summed E-state index contributed by atoms with van der Waals surface area (Å²) < 4.78 is 33.7. The molecule has 0 aliphatic carbocycles. The summed E-state index contributed by atoms with van der Waals surface area (Å²) in [5, 5.41) is 1.61. The van der Waals surface area contributed by atoms with Gasteiger partial charge in [0.25, 0.3) is 15.9 Å². The third kappa shape index (κ3) is 5.20. The van der Waals surface area contributed by atoms with Crippen molar-refractivity contribution in [3.05, 3.63) is 76.0 Å². The number of hydrogen-bond acceptors (Lipinski definition) is 5. The number of thiophene rings is 1. The molecule has 0 bridgehead atoms. The zero-order valence-electron chi connectivity index (χ0n) is 17.1. The van der Waals surface area contributed by atoms with Crippen molar-refractivity contribution in [1.82, 2.24) is 4.90 Å².